The fourth-order valence-corrected chi connectivity index (χ4v) is 1.17. The maximum absolute atomic E-state index is 7.04. The smallest absolute Gasteiger partial charge is 0.0250 e. The highest BCUT2D eigenvalue weighted by atomic mass is 14.1. The summed E-state index contributed by atoms with van der Waals surface area (Å²) in [4.78, 5) is 0. The van der Waals surface area contributed by atoms with Crippen LogP contribution in [-0.4, -0.2) is 0 Å². The minimum atomic E-state index is 0.201. The second-order valence-corrected chi connectivity index (χ2v) is 3.13. The minimum absolute atomic E-state index is 0.201. The Hall–Kier alpha value is -1.22. The Balaban J connectivity index is 2.80. The lowest BCUT2D eigenvalue weighted by Gasteiger charge is -2.14. The van der Waals surface area contributed by atoms with E-state index in [9.17, 15) is 0 Å². The van der Waals surface area contributed by atoms with E-state index in [0.29, 0.717) is 5.92 Å². The summed E-state index contributed by atoms with van der Waals surface area (Å²) in [5, 5.41) is 0. The lowest BCUT2D eigenvalue weighted by atomic mass is 9.90. The van der Waals surface area contributed by atoms with Gasteiger partial charge in [0.15, 0.2) is 0 Å². The zero-order valence-electron chi connectivity index (χ0n) is 7.54. The molecule has 2 unspecified atom stereocenters. The molecule has 0 amide bonds. The molecule has 1 rings (SSSR count). The van der Waals surface area contributed by atoms with Gasteiger partial charge in [0.25, 0.3) is 0 Å². The fraction of sp³-hybridized carbons (Fsp3) is 0.333. The summed E-state index contributed by atoms with van der Waals surface area (Å²) in [6.45, 7) is 4.15. The van der Waals surface area contributed by atoms with Crippen molar-refractivity contribution >= 4 is 0 Å². The van der Waals surface area contributed by atoms with Crippen LogP contribution in [0.3, 0.4) is 0 Å². The largest absolute Gasteiger partial charge is 0.0854 e. The molecule has 0 aliphatic carbocycles. The molecule has 0 spiro atoms. The highest BCUT2D eigenvalue weighted by molar-refractivity contribution is 5.21. The molecule has 0 heterocycles. The molecule has 0 nitrogen and oxygen atoms in total. The molecule has 12 heavy (non-hydrogen) atoms. The van der Waals surface area contributed by atoms with E-state index in [1.165, 1.54) is 5.56 Å². The average Bonchev–Trinajstić information content (AvgIpc) is 2.17. The van der Waals surface area contributed by atoms with Crippen molar-refractivity contribution in [2.45, 2.75) is 19.8 Å². The average molecular weight is 157 g/mol. The van der Waals surface area contributed by atoms with Crippen LogP contribution in [0, 0.1) is 18.3 Å². The Morgan fingerprint density at radius 3 is 2.25 bits per heavy atom. The van der Waals surface area contributed by atoms with Crippen molar-refractivity contribution in [3.8, 4) is 5.92 Å². The van der Waals surface area contributed by atoms with Crippen molar-refractivity contribution in [1.29, 1.82) is 0 Å². The first-order valence-corrected chi connectivity index (χ1v) is 4.23. The molecule has 0 saturated carbocycles. The molecule has 1 radical (unpaired) electrons. The predicted octanol–water partition coefficient (Wildman–Crippen LogP) is 3.02. The first-order chi connectivity index (χ1) is 5.75. The first-order valence-electron chi connectivity index (χ1n) is 4.23. The van der Waals surface area contributed by atoms with Crippen molar-refractivity contribution in [2.75, 3.05) is 0 Å². The molecule has 0 fully saturated rings. The van der Waals surface area contributed by atoms with Gasteiger partial charge in [-0.1, -0.05) is 50.1 Å². The molecule has 1 aromatic rings. The van der Waals surface area contributed by atoms with Crippen LogP contribution in [0.25, 0.3) is 0 Å². The Morgan fingerprint density at radius 1 is 1.17 bits per heavy atom. The summed E-state index contributed by atoms with van der Waals surface area (Å²) in [6.07, 6.45) is 7.04. The lowest BCUT2D eigenvalue weighted by molar-refractivity contribution is 0.610. The maximum atomic E-state index is 7.04. The second-order valence-electron chi connectivity index (χ2n) is 3.13. The third kappa shape index (κ3) is 1.89. The molecule has 0 bridgehead atoms. The Bertz CT molecular complexity index is 266. The van der Waals surface area contributed by atoms with E-state index in [1.54, 1.807) is 0 Å². The number of hydrogen-bond acceptors (Lipinski definition) is 0. The van der Waals surface area contributed by atoms with E-state index in [-0.39, 0.29) is 5.92 Å². The molecule has 0 saturated heterocycles. The topological polar surface area (TPSA) is 0 Å². The van der Waals surface area contributed by atoms with E-state index in [4.69, 9.17) is 6.42 Å². The molecular formula is C12H13. The van der Waals surface area contributed by atoms with E-state index >= 15 is 0 Å². The molecule has 0 aromatic heterocycles. The Kier molecular flexibility index (Phi) is 2.94. The van der Waals surface area contributed by atoms with E-state index in [2.05, 4.69) is 25.0 Å². The molecule has 61 valence electrons. The van der Waals surface area contributed by atoms with Crippen LogP contribution in [0.15, 0.2) is 30.3 Å². The first kappa shape index (κ1) is 8.87. The van der Waals surface area contributed by atoms with Crippen molar-refractivity contribution in [3.63, 3.8) is 0 Å². The van der Waals surface area contributed by atoms with E-state index in [1.807, 2.05) is 25.1 Å². The van der Waals surface area contributed by atoms with Crippen molar-refractivity contribution in [1.82, 2.24) is 0 Å². The highest BCUT2D eigenvalue weighted by Gasteiger charge is 2.10. The Labute approximate surface area is 74.6 Å². The monoisotopic (exact) mass is 157 g/mol. The molecule has 0 aliphatic heterocycles. The maximum Gasteiger partial charge on any atom is 0.0250 e. The van der Waals surface area contributed by atoms with Crippen molar-refractivity contribution in [3.05, 3.63) is 42.3 Å². The predicted molar refractivity (Wildman–Crippen MR) is 51.2 cm³/mol. The summed E-state index contributed by atoms with van der Waals surface area (Å²) in [6, 6.07) is 10.3. The standard InChI is InChI=1S/C12H13/c1-4-10(2)11(3)12-8-6-5-7-9-12/h5-11H,2-3H3. The SMILES string of the molecule is [C]#CC(C)C(C)c1ccccc1. The van der Waals surface area contributed by atoms with Crippen LogP contribution in [0.2, 0.25) is 0 Å². The van der Waals surface area contributed by atoms with Gasteiger partial charge in [-0.2, -0.15) is 0 Å². The fourth-order valence-electron chi connectivity index (χ4n) is 1.17. The number of rotatable bonds is 2. The zero-order chi connectivity index (χ0) is 8.97. The van der Waals surface area contributed by atoms with Crippen LogP contribution in [0.5, 0.6) is 0 Å². The normalized spacial score (nSPS) is 14.8. The minimum Gasteiger partial charge on any atom is -0.0854 e. The van der Waals surface area contributed by atoms with Crippen molar-refractivity contribution in [2.24, 2.45) is 5.92 Å². The van der Waals surface area contributed by atoms with Crippen LogP contribution < -0.4 is 0 Å². The summed E-state index contributed by atoms with van der Waals surface area (Å²) >= 11 is 0. The van der Waals surface area contributed by atoms with Gasteiger partial charge in [-0.25, -0.2) is 0 Å². The zero-order valence-corrected chi connectivity index (χ0v) is 7.54. The molecule has 0 N–H and O–H groups in total. The van der Waals surface area contributed by atoms with Crippen LogP contribution in [0.4, 0.5) is 0 Å². The number of benzene rings is 1. The highest BCUT2D eigenvalue weighted by Crippen LogP contribution is 2.22. The quantitative estimate of drug-likeness (QED) is 0.579. The van der Waals surface area contributed by atoms with Gasteiger partial charge in [0, 0.05) is 5.92 Å². The molecule has 1 aromatic carbocycles. The van der Waals surface area contributed by atoms with Gasteiger partial charge in [-0.05, 0) is 17.9 Å². The van der Waals surface area contributed by atoms with Gasteiger partial charge in [0.05, 0.1) is 0 Å². The van der Waals surface area contributed by atoms with Crippen LogP contribution in [0.1, 0.15) is 25.3 Å². The van der Waals surface area contributed by atoms with Gasteiger partial charge < -0.3 is 0 Å². The summed E-state index contributed by atoms with van der Waals surface area (Å²) in [5.41, 5.74) is 1.28. The van der Waals surface area contributed by atoms with Gasteiger partial charge in [0.2, 0.25) is 0 Å². The summed E-state index contributed by atoms with van der Waals surface area (Å²) in [5.74, 6) is 3.11. The van der Waals surface area contributed by atoms with Gasteiger partial charge in [-0.15, -0.1) is 0 Å². The van der Waals surface area contributed by atoms with Gasteiger partial charge >= 0.3 is 0 Å². The van der Waals surface area contributed by atoms with E-state index < -0.39 is 0 Å². The summed E-state index contributed by atoms with van der Waals surface area (Å²) in [7, 11) is 0. The lowest BCUT2D eigenvalue weighted by Crippen LogP contribution is -2.02. The molecular weight excluding hydrogens is 144 g/mol. The molecule has 0 heteroatoms. The van der Waals surface area contributed by atoms with Crippen molar-refractivity contribution < 1.29 is 0 Å². The molecule has 0 aliphatic rings. The molecule has 2 atom stereocenters. The van der Waals surface area contributed by atoms with Gasteiger partial charge in [-0.3, -0.25) is 0 Å². The van der Waals surface area contributed by atoms with E-state index in [0.717, 1.165) is 0 Å². The van der Waals surface area contributed by atoms with Crippen LogP contribution >= 0.6 is 0 Å². The number of hydrogen-bond donors (Lipinski definition) is 0. The second kappa shape index (κ2) is 3.97. The Morgan fingerprint density at radius 2 is 1.75 bits per heavy atom. The third-order valence-corrected chi connectivity index (χ3v) is 2.30. The van der Waals surface area contributed by atoms with Crippen LogP contribution in [-0.2, 0) is 0 Å². The summed E-state index contributed by atoms with van der Waals surface area (Å²) < 4.78 is 0. The third-order valence-electron chi connectivity index (χ3n) is 2.30. The van der Waals surface area contributed by atoms with Gasteiger partial charge in [0.1, 0.15) is 0 Å².